The molecule has 0 bridgehead atoms. The van der Waals surface area contributed by atoms with E-state index in [0.717, 1.165) is 11.4 Å². The summed E-state index contributed by atoms with van der Waals surface area (Å²) in [4.78, 5) is 25.3. The number of benzene rings is 3. The summed E-state index contributed by atoms with van der Waals surface area (Å²) in [6.45, 7) is 3.64. The average molecular weight is 405 g/mol. The fraction of sp³-hybridized carbons (Fsp3) is 0.167. The van der Waals surface area contributed by atoms with E-state index in [2.05, 4.69) is 16.0 Å². The number of carbonyl (C=O) groups is 2. The molecule has 1 atom stereocenters. The van der Waals surface area contributed by atoms with Gasteiger partial charge < -0.3 is 16.0 Å². The highest BCUT2D eigenvalue weighted by atomic mass is 19.1. The third kappa shape index (κ3) is 5.44. The van der Waals surface area contributed by atoms with Gasteiger partial charge >= 0.3 is 0 Å². The van der Waals surface area contributed by atoms with E-state index in [1.807, 2.05) is 56.3 Å². The average Bonchev–Trinajstić information content (AvgIpc) is 2.73. The van der Waals surface area contributed by atoms with Gasteiger partial charge in [-0.15, -0.1) is 0 Å². The van der Waals surface area contributed by atoms with Gasteiger partial charge in [-0.2, -0.15) is 0 Å². The lowest BCUT2D eigenvalue weighted by Gasteiger charge is -2.22. The van der Waals surface area contributed by atoms with Crippen LogP contribution in [0, 0.1) is 11.7 Å². The Labute approximate surface area is 175 Å². The zero-order chi connectivity index (χ0) is 21.5. The zero-order valence-corrected chi connectivity index (χ0v) is 16.9. The third-order valence-electron chi connectivity index (χ3n) is 4.55. The Balaban J connectivity index is 1.70. The lowest BCUT2D eigenvalue weighted by Crippen LogP contribution is -2.47. The molecule has 3 rings (SSSR count). The van der Waals surface area contributed by atoms with E-state index >= 15 is 0 Å². The second kappa shape index (κ2) is 9.69. The maximum atomic E-state index is 13.9. The van der Waals surface area contributed by atoms with E-state index in [1.165, 1.54) is 18.2 Å². The summed E-state index contributed by atoms with van der Waals surface area (Å²) in [5.74, 6) is -1.81. The van der Waals surface area contributed by atoms with Crippen molar-refractivity contribution in [1.29, 1.82) is 0 Å². The van der Waals surface area contributed by atoms with Crippen molar-refractivity contribution in [2.45, 2.75) is 19.9 Å². The van der Waals surface area contributed by atoms with Crippen LogP contribution in [0.3, 0.4) is 0 Å². The fourth-order valence-corrected chi connectivity index (χ4v) is 2.98. The highest BCUT2D eigenvalue weighted by Gasteiger charge is 2.25. The first kappa shape index (κ1) is 21.0. The maximum Gasteiger partial charge on any atom is 0.254 e. The third-order valence-corrected chi connectivity index (χ3v) is 4.55. The van der Waals surface area contributed by atoms with Crippen LogP contribution in [0.15, 0.2) is 78.9 Å². The molecule has 6 heteroatoms. The quantitative estimate of drug-likeness (QED) is 0.520. The maximum absolute atomic E-state index is 13.9. The van der Waals surface area contributed by atoms with Crippen molar-refractivity contribution < 1.29 is 14.0 Å². The molecule has 0 aliphatic heterocycles. The van der Waals surface area contributed by atoms with Crippen LogP contribution >= 0.6 is 0 Å². The van der Waals surface area contributed by atoms with Crippen LogP contribution in [0.4, 0.5) is 21.5 Å². The molecule has 0 radical (unpaired) electrons. The zero-order valence-electron chi connectivity index (χ0n) is 16.9. The summed E-state index contributed by atoms with van der Waals surface area (Å²) in [5.41, 5.74) is 2.24. The van der Waals surface area contributed by atoms with Crippen LogP contribution in [0.2, 0.25) is 0 Å². The highest BCUT2D eigenvalue weighted by molar-refractivity contribution is 6.01. The molecule has 0 fully saturated rings. The number of amides is 2. The number of carbonyl (C=O) groups excluding carboxylic acids is 2. The molecule has 0 spiro atoms. The molecule has 3 aromatic carbocycles. The Morgan fingerprint density at radius 3 is 2.13 bits per heavy atom. The molecule has 3 aromatic rings. The number of para-hydroxylation sites is 1. The second-order valence-corrected chi connectivity index (χ2v) is 7.24. The minimum Gasteiger partial charge on any atom is -0.355 e. The first-order valence-electron chi connectivity index (χ1n) is 9.72. The van der Waals surface area contributed by atoms with Crippen LogP contribution in [0.25, 0.3) is 0 Å². The lowest BCUT2D eigenvalue weighted by atomic mass is 10.0. The molecule has 3 N–H and O–H groups in total. The lowest BCUT2D eigenvalue weighted by molar-refractivity contribution is -0.118. The molecule has 0 saturated heterocycles. The standard InChI is InChI=1S/C24H24FN3O2/c1-16(2)22(28-23(29)20-13-6-7-14-21(20)25)24(30)27-19-12-8-11-18(15-19)26-17-9-4-3-5-10-17/h3-16,22,26H,1-2H3,(H,27,30)(H,28,29). The minimum atomic E-state index is -0.817. The Bertz CT molecular complexity index is 1020. The van der Waals surface area contributed by atoms with Crippen LogP contribution < -0.4 is 16.0 Å². The molecule has 0 aliphatic rings. The Hall–Kier alpha value is -3.67. The number of halogens is 1. The van der Waals surface area contributed by atoms with Crippen LogP contribution in [0.1, 0.15) is 24.2 Å². The fourth-order valence-electron chi connectivity index (χ4n) is 2.98. The summed E-state index contributed by atoms with van der Waals surface area (Å²) in [6.07, 6.45) is 0. The molecular weight excluding hydrogens is 381 g/mol. The van der Waals surface area contributed by atoms with Crippen molar-refractivity contribution in [3.8, 4) is 0 Å². The molecule has 30 heavy (non-hydrogen) atoms. The van der Waals surface area contributed by atoms with E-state index in [4.69, 9.17) is 0 Å². The monoisotopic (exact) mass is 405 g/mol. The van der Waals surface area contributed by atoms with Gasteiger partial charge in [-0.05, 0) is 48.4 Å². The van der Waals surface area contributed by atoms with E-state index in [9.17, 15) is 14.0 Å². The van der Waals surface area contributed by atoms with Gasteiger partial charge in [0.25, 0.3) is 5.91 Å². The molecule has 0 aromatic heterocycles. The van der Waals surface area contributed by atoms with Gasteiger partial charge in [0, 0.05) is 17.1 Å². The van der Waals surface area contributed by atoms with Crippen molar-refractivity contribution in [1.82, 2.24) is 5.32 Å². The summed E-state index contributed by atoms with van der Waals surface area (Å²) in [6, 6.07) is 21.8. The van der Waals surface area contributed by atoms with Gasteiger partial charge in [0.05, 0.1) is 5.56 Å². The van der Waals surface area contributed by atoms with Gasteiger partial charge in [-0.1, -0.05) is 50.2 Å². The Morgan fingerprint density at radius 1 is 0.800 bits per heavy atom. The topological polar surface area (TPSA) is 70.2 Å². The van der Waals surface area contributed by atoms with Gasteiger partial charge in [-0.3, -0.25) is 9.59 Å². The normalized spacial score (nSPS) is 11.6. The largest absolute Gasteiger partial charge is 0.355 e. The smallest absolute Gasteiger partial charge is 0.254 e. The van der Waals surface area contributed by atoms with E-state index in [-0.39, 0.29) is 17.4 Å². The SMILES string of the molecule is CC(C)C(NC(=O)c1ccccc1F)C(=O)Nc1cccc(Nc2ccccc2)c1. The van der Waals surface area contributed by atoms with Gasteiger partial charge in [0.2, 0.25) is 5.91 Å². The molecule has 0 heterocycles. The predicted octanol–water partition coefficient (Wildman–Crippen LogP) is 4.96. The molecular formula is C24H24FN3O2. The van der Waals surface area contributed by atoms with Crippen molar-refractivity contribution >= 4 is 28.9 Å². The van der Waals surface area contributed by atoms with Crippen LogP contribution in [0.5, 0.6) is 0 Å². The Morgan fingerprint density at radius 2 is 1.43 bits per heavy atom. The van der Waals surface area contributed by atoms with E-state index in [1.54, 1.807) is 18.2 Å². The predicted molar refractivity (Wildman–Crippen MR) is 117 cm³/mol. The van der Waals surface area contributed by atoms with Gasteiger partial charge in [0.15, 0.2) is 0 Å². The summed E-state index contributed by atoms with van der Waals surface area (Å²) >= 11 is 0. The van der Waals surface area contributed by atoms with Crippen LogP contribution in [-0.2, 0) is 4.79 Å². The highest BCUT2D eigenvalue weighted by Crippen LogP contribution is 2.20. The molecule has 154 valence electrons. The number of hydrogen-bond acceptors (Lipinski definition) is 3. The number of rotatable bonds is 7. The van der Waals surface area contributed by atoms with E-state index in [0.29, 0.717) is 5.69 Å². The molecule has 0 saturated carbocycles. The van der Waals surface area contributed by atoms with Gasteiger partial charge in [0.1, 0.15) is 11.9 Å². The van der Waals surface area contributed by atoms with Crippen molar-refractivity contribution in [2.75, 3.05) is 10.6 Å². The first-order chi connectivity index (χ1) is 14.4. The molecule has 2 amide bonds. The first-order valence-corrected chi connectivity index (χ1v) is 9.72. The van der Waals surface area contributed by atoms with Crippen molar-refractivity contribution in [2.24, 2.45) is 5.92 Å². The summed E-state index contributed by atoms with van der Waals surface area (Å²) in [7, 11) is 0. The summed E-state index contributed by atoms with van der Waals surface area (Å²) < 4.78 is 13.9. The second-order valence-electron chi connectivity index (χ2n) is 7.24. The van der Waals surface area contributed by atoms with Crippen molar-refractivity contribution in [3.05, 3.63) is 90.2 Å². The van der Waals surface area contributed by atoms with Crippen LogP contribution in [-0.4, -0.2) is 17.9 Å². The molecule has 5 nitrogen and oxygen atoms in total. The van der Waals surface area contributed by atoms with Gasteiger partial charge in [-0.25, -0.2) is 4.39 Å². The Kier molecular flexibility index (Phi) is 6.80. The summed E-state index contributed by atoms with van der Waals surface area (Å²) in [5, 5.41) is 8.74. The number of nitrogens with one attached hydrogen (secondary N) is 3. The molecule has 0 aliphatic carbocycles. The molecule has 1 unspecified atom stereocenters. The van der Waals surface area contributed by atoms with E-state index < -0.39 is 17.8 Å². The van der Waals surface area contributed by atoms with Crippen molar-refractivity contribution in [3.63, 3.8) is 0 Å². The number of hydrogen-bond donors (Lipinski definition) is 3. The minimum absolute atomic E-state index is 0.0926. The number of anilines is 3.